The molecule has 1 aromatic rings. The van der Waals surface area contributed by atoms with Crippen molar-refractivity contribution in [2.75, 3.05) is 13.7 Å². The number of ether oxygens (including phenoxy) is 1. The van der Waals surface area contributed by atoms with Crippen LogP contribution < -0.4 is 5.73 Å². The monoisotopic (exact) mass is 197 g/mol. The largest absolute Gasteiger partial charge is 0.467 e. The van der Waals surface area contributed by atoms with Gasteiger partial charge in [-0.15, -0.1) is 0 Å². The number of nitrogens with two attached hydrogens (primary N) is 1. The molecule has 0 bridgehead atoms. The molecule has 1 heterocycles. The third kappa shape index (κ3) is 2.32. The molecule has 1 atom stereocenters. The summed E-state index contributed by atoms with van der Waals surface area (Å²) in [5.41, 5.74) is 6.43. The Morgan fingerprint density at radius 1 is 1.79 bits per heavy atom. The summed E-state index contributed by atoms with van der Waals surface area (Å²) in [6.45, 7) is 2.32. The van der Waals surface area contributed by atoms with Crippen LogP contribution >= 0.6 is 0 Å². The Bertz CT molecular complexity index is 309. The second-order valence-corrected chi connectivity index (χ2v) is 3.07. The minimum absolute atomic E-state index is 0.299. The summed E-state index contributed by atoms with van der Waals surface area (Å²) in [5.74, 6) is -0.299. The van der Waals surface area contributed by atoms with Gasteiger partial charge < -0.3 is 10.5 Å². The van der Waals surface area contributed by atoms with E-state index in [2.05, 4.69) is 9.84 Å². The van der Waals surface area contributed by atoms with Crippen molar-refractivity contribution >= 4 is 5.97 Å². The van der Waals surface area contributed by atoms with E-state index in [4.69, 9.17) is 5.73 Å². The van der Waals surface area contributed by atoms with E-state index in [1.54, 1.807) is 17.8 Å². The topological polar surface area (TPSA) is 70.1 Å². The maximum atomic E-state index is 11.2. The summed E-state index contributed by atoms with van der Waals surface area (Å²) in [6.07, 6.45) is 4.30. The molecule has 0 aliphatic rings. The molecular formula is C9H15N3O2. The van der Waals surface area contributed by atoms with E-state index < -0.39 is 0 Å². The Morgan fingerprint density at radius 2 is 2.50 bits per heavy atom. The highest BCUT2D eigenvalue weighted by molar-refractivity contribution is 5.73. The smallest absolute Gasteiger partial charge is 0.330 e. The molecule has 1 aromatic heterocycles. The second kappa shape index (κ2) is 4.76. The number of hydrogen-bond donors (Lipinski definition) is 1. The molecule has 0 fully saturated rings. The van der Waals surface area contributed by atoms with Gasteiger partial charge >= 0.3 is 5.97 Å². The summed E-state index contributed by atoms with van der Waals surface area (Å²) in [5, 5.41) is 4.06. The Balaban J connectivity index is 2.70. The molecular weight excluding hydrogens is 182 g/mol. The van der Waals surface area contributed by atoms with Gasteiger partial charge in [-0.25, -0.2) is 4.79 Å². The van der Waals surface area contributed by atoms with Crippen LogP contribution in [0.15, 0.2) is 12.4 Å². The Hall–Kier alpha value is -1.36. The van der Waals surface area contributed by atoms with Crippen LogP contribution in [-0.2, 0) is 16.0 Å². The van der Waals surface area contributed by atoms with Crippen LogP contribution in [0.5, 0.6) is 0 Å². The first-order chi connectivity index (χ1) is 6.69. The van der Waals surface area contributed by atoms with Crippen molar-refractivity contribution in [1.29, 1.82) is 0 Å². The fraction of sp³-hybridized carbons (Fsp3) is 0.556. The van der Waals surface area contributed by atoms with Crippen LogP contribution in [0.4, 0.5) is 0 Å². The third-order valence-corrected chi connectivity index (χ3v) is 2.03. The molecule has 2 N–H and O–H groups in total. The lowest BCUT2D eigenvalue weighted by atomic mass is 10.2. The van der Waals surface area contributed by atoms with E-state index in [-0.39, 0.29) is 12.0 Å². The van der Waals surface area contributed by atoms with E-state index in [1.807, 2.05) is 6.20 Å². The lowest BCUT2D eigenvalue weighted by Gasteiger charge is -2.08. The van der Waals surface area contributed by atoms with Crippen molar-refractivity contribution in [1.82, 2.24) is 9.78 Å². The molecule has 78 valence electrons. The van der Waals surface area contributed by atoms with Gasteiger partial charge in [0.2, 0.25) is 0 Å². The predicted molar refractivity (Wildman–Crippen MR) is 51.7 cm³/mol. The highest BCUT2D eigenvalue weighted by Crippen LogP contribution is 2.08. The van der Waals surface area contributed by atoms with E-state index in [0.29, 0.717) is 6.54 Å². The molecule has 1 rings (SSSR count). The summed E-state index contributed by atoms with van der Waals surface area (Å²) < 4.78 is 6.19. The Labute approximate surface area is 82.8 Å². The number of carbonyl (C=O) groups excluding carboxylic acids is 1. The summed E-state index contributed by atoms with van der Waals surface area (Å²) in [4.78, 5) is 11.2. The number of nitrogens with zero attached hydrogens (tertiary/aromatic N) is 2. The van der Waals surface area contributed by atoms with Gasteiger partial charge in [0.05, 0.1) is 13.3 Å². The molecule has 1 unspecified atom stereocenters. The van der Waals surface area contributed by atoms with Crippen molar-refractivity contribution in [2.45, 2.75) is 19.4 Å². The molecule has 0 aliphatic heterocycles. The van der Waals surface area contributed by atoms with Crippen LogP contribution in [-0.4, -0.2) is 29.4 Å². The zero-order valence-corrected chi connectivity index (χ0v) is 8.43. The zero-order valence-electron chi connectivity index (χ0n) is 8.43. The summed E-state index contributed by atoms with van der Waals surface area (Å²) in [6, 6.07) is -0.383. The van der Waals surface area contributed by atoms with Crippen molar-refractivity contribution in [3.63, 3.8) is 0 Å². The molecule has 0 aliphatic carbocycles. The first kappa shape index (κ1) is 10.7. The normalized spacial score (nSPS) is 12.5. The highest BCUT2D eigenvalue weighted by atomic mass is 16.5. The van der Waals surface area contributed by atoms with Crippen LogP contribution in [0.25, 0.3) is 0 Å². The van der Waals surface area contributed by atoms with Gasteiger partial charge in [-0.05, 0) is 25.5 Å². The standard InChI is InChI=1S/C9H15N3O2/c1-7(9(13)14-2)12-6-8(3-4-10)5-11-12/h5-7H,3-4,10H2,1-2H3. The molecule has 0 radical (unpaired) electrons. The highest BCUT2D eigenvalue weighted by Gasteiger charge is 2.15. The maximum absolute atomic E-state index is 11.2. The van der Waals surface area contributed by atoms with Crippen molar-refractivity contribution < 1.29 is 9.53 Å². The van der Waals surface area contributed by atoms with Crippen molar-refractivity contribution in [2.24, 2.45) is 5.73 Å². The number of hydrogen-bond acceptors (Lipinski definition) is 4. The number of carbonyl (C=O) groups is 1. The number of methoxy groups -OCH3 is 1. The van der Waals surface area contributed by atoms with E-state index in [9.17, 15) is 4.79 Å². The molecule has 0 saturated carbocycles. The minimum Gasteiger partial charge on any atom is -0.467 e. The summed E-state index contributed by atoms with van der Waals surface area (Å²) >= 11 is 0. The molecule has 0 aromatic carbocycles. The molecule has 0 amide bonds. The van der Waals surface area contributed by atoms with E-state index >= 15 is 0 Å². The predicted octanol–water partition coefficient (Wildman–Crippen LogP) is 0.118. The third-order valence-electron chi connectivity index (χ3n) is 2.03. The second-order valence-electron chi connectivity index (χ2n) is 3.07. The maximum Gasteiger partial charge on any atom is 0.330 e. The van der Waals surface area contributed by atoms with Crippen LogP contribution in [0.1, 0.15) is 18.5 Å². The lowest BCUT2D eigenvalue weighted by molar-refractivity contribution is -0.144. The van der Waals surface area contributed by atoms with Gasteiger partial charge in [-0.3, -0.25) is 4.68 Å². The fourth-order valence-electron chi connectivity index (χ4n) is 1.16. The number of esters is 1. The Morgan fingerprint density at radius 3 is 3.07 bits per heavy atom. The fourth-order valence-corrected chi connectivity index (χ4v) is 1.16. The lowest BCUT2D eigenvalue weighted by Crippen LogP contribution is -2.18. The minimum atomic E-state index is -0.383. The average Bonchev–Trinajstić information content (AvgIpc) is 2.64. The first-order valence-corrected chi connectivity index (χ1v) is 4.50. The number of rotatable bonds is 4. The molecule has 5 heteroatoms. The van der Waals surface area contributed by atoms with Crippen LogP contribution in [0.2, 0.25) is 0 Å². The van der Waals surface area contributed by atoms with E-state index in [1.165, 1.54) is 7.11 Å². The van der Waals surface area contributed by atoms with Gasteiger partial charge in [-0.2, -0.15) is 5.10 Å². The van der Waals surface area contributed by atoms with Gasteiger partial charge in [-0.1, -0.05) is 0 Å². The number of aromatic nitrogens is 2. The SMILES string of the molecule is COC(=O)C(C)n1cc(CCN)cn1. The Kier molecular flexibility index (Phi) is 3.64. The quantitative estimate of drug-likeness (QED) is 0.696. The molecule has 0 spiro atoms. The van der Waals surface area contributed by atoms with Crippen LogP contribution in [0.3, 0.4) is 0 Å². The molecule has 14 heavy (non-hydrogen) atoms. The van der Waals surface area contributed by atoms with E-state index in [0.717, 1.165) is 12.0 Å². The van der Waals surface area contributed by atoms with Crippen LogP contribution in [0, 0.1) is 0 Å². The molecule has 0 saturated heterocycles. The average molecular weight is 197 g/mol. The zero-order chi connectivity index (χ0) is 10.6. The van der Waals surface area contributed by atoms with Crippen molar-refractivity contribution in [3.05, 3.63) is 18.0 Å². The van der Waals surface area contributed by atoms with Crippen molar-refractivity contribution in [3.8, 4) is 0 Å². The van der Waals surface area contributed by atoms with Gasteiger partial charge in [0.1, 0.15) is 6.04 Å². The first-order valence-electron chi connectivity index (χ1n) is 4.50. The van der Waals surface area contributed by atoms with Gasteiger partial charge in [0.15, 0.2) is 0 Å². The summed E-state index contributed by atoms with van der Waals surface area (Å²) in [7, 11) is 1.36. The van der Waals surface area contributed by atoms with Gasteiger partial charge in [0, 0.05) is 6.20 Å². The van der Waals surface area contributed by atoms with Gasteiger partial charge in [0.25, 0.3) is 0 Å². The molecule has 5 nitrogen and oxygen atoms in total.